The largest absolute Gasteiger partial charge is 0.479 e. The molecule has 0 radical (unpaired) electrons. The number of ether oxygens (including phenoxy) is 1. The summed E-state index contributed by atoms with van der Waals surface area (Å²) >= 11 is 0. The molecule has 4 rings (SSSR count). The molecule has 0 saturated heterocycles. The van der Waals surface area contributed by atoms with Crippen LogP contribution in [-0.4, -0.2) is 47.4 Å². The first kappa shape index (κ1) is 21.7. The number of benzene rings is 2. The third-order valence-electron chi connectivity index (χ3n) is 5.72. The maximum Gasteiger partial charge on any atom is 0.419 e. The lowest BCUT2D eigenvalue weighted by molar-refractivity contribution is -0.182. The number of carbonyl (C=O) groups excluding carboxylic acids is 2. The lowest BCUT2D eigenvalue weighted by Gasteiger charge is -2.22. The van der Waals surface area contributed by atoms with E-state index < -0.39 is 35.7 Å². The summed E-state index contributed by atoms with van der Waals surface area (Å²) in [6, 6.07) is 12.3. The summed E-state index contributed by atoms with van der Waals surface area (Å²) in [4.78, 5) is 35.5. The molecule has 10 heteroatoms. The Labute approximate surface area is 180 Å². The van der Waals surface area contributed by atoms with Gasteiger partial charge in [0.15, 0.2) is 0 Å². The Hall–Kier alpha value is -3.56. The molecule has 0 aromatic heterocycles. The quantitative estimate of drug-likeness (QED) is 0.630. The van der Waals surface area contributed by atoms with Crippen molar-refractivity contribution >= 4 is 18.0 Å². The van der Waals surface area contributed by atoms with Crippen LogP contribution >= 0.6 is 0 Å². The number of halogens is 3. The van der Waals surface area contributed by atoms with Gasteiger partial charge >= 0.3 is 18.2 Å². The van der Waals surface area contributed by atoms with Crippen LogP contribution in [0.15, 0.2) is 48.5 Å². The standard InChI is InChI=1S/C22H19F3N2O5/c23-22(24,25)17(18(28)29)26-19(30)21(9-10-21)27-20(31)32-11-16-14-7-3-1-5-12(14)13-6-2-4-8-15(13)16/h1-8,16-17H,9-11H2,(H,26,30)(H,27,31)(H,28,29). The van der Waals surface area contributed by atoms with Crippen LogP contribution in [0.1, 0.15) is 29.9 Å². The Morgan fingerprint density at radius 3 is 2.03 bits per heavy atom. The summed E-state index contributed by atoms with van der Waals surface area (Å²) in [5, 5.41) is 12.5. The van der Waals surface area contributed by atoms with Gasteiger partial charge in [0.1, 0.15) is 12.1 Å². The average molecular weight is 448 g/mol. The average Bonchev–Trinajstić information content (AvgIpc) is 3.45. The van der Waals surface area contributed by atoms with Crippen molar-refractivity contribution in [2.24, 2.45) is 0 Å². The highest BCUT2D eigenvalue weighted by atomic mass is 19.4. The summed E-state index contributed by atoms with van der Waals surface area (Å²) in [5.74, 6) is -3.67. The van der Waals surface area contributed by atoms with Crippen LogP contribution in [0.25, 0.3) is 11.1 Å². The van der Waals surface area contributed by atoms with Crippen molar-refractivity contribution in [2.75, 3.05) is 6.61 Å². The van der Waals surface area contributed by atoms with Crippen LogP contribution in [0, 0.1) is 0 Å². The van der Waals surface area contributed by atoms with E-state index in [4.69, 9.17) is 9.84 Å². The van der Waals surface area contributed by atoms with Crippen molar-refractivity contribution in [1.29, 1.82) is 0 Å². The highest BCUT2D eigenvalue weighted by molar-refractivity contribution is 5.95. The predicted molar refractivity (Wildman–Crippen MR) is 106 cm³/mol. The topological polar surface area (TPSA) is 105 Å². The Bertz CT molecular complexity index is 1040. The molecule has 168 valence electrons. The zero-order chi connectivity index (χ0) is 23.1. The molecule has 1 unspecified atom stereocenters. The molecule has 2 aliphatic rings. The highest BCUT2D eigenvalue weighted by Gasteiger charge is 2.55. The lowest BCUT2D eigenvalue weighted by atomic mass is 9.98. The van der Waals surface area contributed by atoms with Gasteiger partial charge in [-0.3, -0.25) is 4.79 Å². The monoisotopic (exact) mass is 448 g/mol. The number of alkyl carbamates (subject to hydrolysis) is 1. The second-order valence-electron chi connectivity index (χ2n) is 7.82. The first-order valence-electron chi connectivity index (χ1n) is 9.86. The van der Waals surface area contributed by atoms with Crippen LogP contribution in [0.4, 0.5) is 18.0 Å². The van der Waals surface area contributed by atoms with Crippen LogP contribution in [0.2, 0.25) is 0 Å². The fourth-order valence-electron chi connectivity index (χ4n) is 3.92. The van der Waals surface area contributed by atoms with Gasteiger partial charge in [0, 0.05) is 5.92 Å². The van der Waals surface area contributed by atoms with E-state index >= 15 is 0 Å². The number of fused-ring (bicyclic) bond motifs is 3. The van der Waals surface area contributed by atoms with Crippen molar-refractivity contribution in [2.45, 2.75) is 36.5 Å². The number of aliphatic carboxylic acids is 1. The molecule has 7 nitrogen and oxygen atoms in total. The molecule has 0 bridgehead atoms. The molecule has 32 heavy (non-hydrogen) atoms. The van der Waals surface area contributed by atoms with E-state index in [0.29, 0.717) is 0 Å². The molecule has 2 amide bonds. The summed E-state index contributed by atoms with van der Waals surface area (Å²) in [5.41, 5.74) is 2.41. The van der Waals surface area contributed by atoms with Gasteiger partial charge < -0.3 is 20.5 Å². The minimum absolute atomic E-state index is 0.0299. The van der Waals surface area contributed by atoms with Crippen molar-refractivity contribution < 1.29 is 37.4 Å². The summed E-state index contributed by atoms with van der Waals surface area (Å²) < 4.78 is 43.8. The fourth-order valence-corrected chi connectivity index (χ4v) is 3.92. The summed E-state index contributed by atoms with van der Waals surface area (Å²) in [6.07, 6.45) is -5.97. The molecule has 1 fully saturated rings. The molecule has 0 spiro atoms. The molecular formula is C22H19F3N2O5. The molecule has 0 aliphatic heterocycles. The van der Waals surface area contributed by atoms with E-state index in [1.54, 1.807) is 0 Å². The molecule has 1 saturated carbocycles. The minimum atomic E-state index is -5.17. The van der Waals surface area contributed by atoms with Gasteiger partial charge in [0.05, 0.1) is 0 Å². The van der Waals surface area contributed by atoms with Gasteiger partial charge in [-0.2, -0.15) is 13.2 Å². The minimum Gasteiger partial charge on any atom is -0.479 e. The number of hydrogen-bond acceptors (Lipinski definition) is 4. The van der Waals surface area contributed by atoms with Gasteiger partial charge in [-0.05, 0) is 35.1 Å². The number of carboxylic acids is 1. The van der Waals surface area contributed by atoms with Gasteiger partial charge in [0.2, 0.25) is 11.9 Å². The van der Waals surface area contributed by atoms with E-state index in [-0.39, 0.29) is 25.4 Å². The number of amides is 2. The first-order valence-corrected chi connectivity index (χ1v) is 9.86. The zero-order valence-corrected chi connectivity index (χ0v) is 16.6. The first-order chi connectivity index (χ1) is 15.1. The van der Waals surface area contributed by atoms with Crippen molar-refractivity contribution in [3.8, 4) is 11.1 Å². The summed E-state index contributed by atoms with van der Waals surface area (Å²) in [6.45, 7) is -0.0299. The van der Waals surface area contributed by atoms with E-state index in [1.807, 2.05) is 48.5 Å². The van der Waals surface area contributed by atoms with Gasteiger partial charge in [-0.15, -0.1) is 0 Å². The van der Waals surface area contributed by atoms with E-state index in [2.05, 4.69) is 5.32 Å². The van der Waals surface area contributed by atoms with Crippen LogP contribution in [0.5, 0.6) is 0 Å². The number of alkyl halides is 3. The second kappa shape index (κ2) is 7.85. The normalized spacial score (nSPS) is 17.0. The van der Waals surface area contributed by atoms with Crippen molar-refractivity contribution in [3.63, 3.8) is 0 Å². The van der Waals surface area contributed by atoms with E-state index in [1.165, 1.54) is 5.32 Å². The zero-order valence-electron chi connectivity index (χ0n) is 16.6. The number of rotatable bonds is 6. The maximum absolute atomic E-state index is 12.8. The van der Waals surface area contributed by atoms with Crippen molar-refractivity contribution in [3.05, 3.63) is 59.7 Å². The SMILES string of the molecule is O=C(NC1(C(=O)NC(C(=O)O)C(F)(F)F)CC1)OCC1c2ccccc2-c2ccccc21. The van der Waals surface area contributed by atoms with Crippen LogP contribution in [0.3, 0.4) is 0 Å². The van der Waals surface area contributed by atoms with Crippen LogP contribution in [-0.2, 0) is 14.3 Å². The number of carbonyl (C=O) groups is 3. The van der Waals surface area contributed by atoms with Gasteiger partial charge in [-0.1, -0.05) is 48.5 Å². The Balaban J connectivity index is 1.40. The highest BCUT2D eigenvalue weighted by Crippen LogP contribution is 2.44. The Morgan fingerprint density at radius 2 is 1.56 bits per heavy atom. The molecule has 0 heterocycles. The third-order valence-corrected chi connectivity index (χ3v) is 5.72. The number of nitrogens with one attached hydrogen (secondary N) is 2. The third kappa shape index (κ3) is 4.00. The Kier molecular flexibility index (Phi) is 5.31. The molecule has 2 aromatic carbocycles. The van der Waals surface area contributed by atoms with E-state index in [9.17, 15) is 27.6 Å². The molecule has 1 atom stereocenters. The van der Waals surface area contributed by atoms with Crippen LogP contribution < -0.4 is 10.6 Å². The Morgan fingerprint density at radius 1 is 1.03 bits per heavy atom. The maximum atomic E-state index is 12.8. The van der Waals surface area contributed by atoms with Gasteiger partial charge in [0.25, 0.3) is 0 Å². The molecule has 2 aromatic rings. The predicted octanol–water partition coefficient (Wildman–Crippen LogP) is 3.19. The van der Waals surface area contributed by atoms with Crippen molar-refractivity contribution in [1.82, 2.24) is 10.6 Å². The number of carboxylic acid groups (broad SMARTS) is 1. The molecule has 3 N–H and O–H groups in total. The van der Waals surface area contributed by atoms with E-state index in [0.717, 1.165) is 22.3 Å². The summed E-state index contributed by atoms with van der Waals surface area (Å²) in [7, 11) is 0. The van der Waals surface area contributed by atoms with Gasteiger partial charge in [-0.25, -0.2) is 9.59 Å². The molecular weight excluding hydrogens is 429 g/mol. The lowest BCUT2D eigenvalue weighted by Crippen LogP contribution is -2.57. The second-order valence-corrected chi connectivity index (χ2v) is 7.82. The molecule has 2 aliphatic carbocycles. The fraction of sp³-hybridized carbons (Fsp3) is 0.318. The number of hydrogen-bond donors (Lipinski definition) is 3. The smallest absolute Gasteiger partial charge is 0.419 e.